The highest BCUT2D eigenvalue weighted by molar-refractivity contribution is 4.82. The van der Waals surface area contributed by atoms with E-state index >= 15 is 0 Å². The van der Waals surface area contributed by atoms with Gasteiger partial charge in [-0.25, -0.2) is 0 Å². The van der Waals surface area contributed by atoms with Crippen molar-refractivity contribution in [3.63, 3.8) is 0 Å². The average molecular weight is 171 g/mol. The first-order valence-corrected chi connectivity index (χ1v) is 5.09. The highest BCUT2D eigenvalue weighted by atomic mass is 16.3. The Kier molecular flexibility index (Phi) is 3.53. The summed E-state index contributed by atoms with van der Waals surface area (Å²) in [7, 11) is 0. The van der Waals surface area contributed by atoms with Crippen LogP contribution in [0.5, 0.6) is 0 Å². The molecule has 0 aromatic rings. The summed E-state index contributed by atoms with van der Waals surface area (Å²) in [6.07, 6.45) is 3.03. The van der Waals surface area contributed by atoms with Crippen LogP contribution in [0.1, 0.15) is 40.0 Å². The molecule has 2 atom stereocenters. The Labute approximate surface area is 75.6 Å². The molecular weight excluding hydrogens is 150 g/mol. The number of likely N-dealkylation sites (tertiary alicyclic amines) is 1. The Balaban J connectivity index is 2.50. The van der Waals surface area contributed by atoms with Crippen molar-refractivity contribution >= 4 is 0 Å². The molecule has 1 aliphatic heterocycles. The lowest BCUT2D eigenvalue weighted by Gasteiger charge is -2.40. The van der Waals surface area contributed by atoms with Gasteiger partial charge in [0.05, 0.1) is 6.10 Å². The van der Waals surface area contributed by atoms with Crippen molar-refractivity contribution in [1.82, 2.24) is 4.90 Å². The van der Waals surface area contributed by atoms with Crippen LogP contribution in [0, 0.1) is 0 Å². The van der Waals surface area contributed by atoms with Gasteiger partial charge in [-0.05, 0) is 33.1 Å². The van der Waals surface area contributed by atoms with Crippen LogP contribution in [0.15, 0.2) is 0 Å². The van der Waals surface area contributed by atoms with E-state index in [1.54, 1.807) is 0 Å². The molecule has 2 heteroatoms. The summed E-state index contributed by atoms with van der Waals surface area (Å²) in [6.45, 7) is 7.75. The fourth-order valence-electron chi connectivity index (χ4n) is 2.13. The first-order chi connectivity index (χ1) is 5.65. The maximum Gasteiger partial charge on any atom is 0.0567 e. The Bertz CT molecular complexity index is 136. The van der Waals surface area contributed by atoms with E-state index in [9.17, 15) is 5.11 Å². The minimum absolute atomic E-state index is 0.0510. The Morgan fingerprint density at radius 3 is 2.67 bits per heavy atom. The van der Waals surface area contributed by atoms with E-state index in [4.69, 9.17) is 0 Å². The van der Waals surface area contributed by atoms with Crippen molar-refractivity contribution in [3.8, 4) is 0 Å². The quantitative estimate of drug-likeness (QED) is 0.682. The van der Waals surface area contributed by atoms with Crippen LogP contribution < -0.4 is 0 Å². The van der Waals surface area contributed by atoms with Gasteiger partial charge >= 0.3 is 0 Å². The van der Waals surface area contributed by atoms with Crippen molar-refractivity contribution in [2.75, 3.05) is 6.54 Å². The minimum Gasteiger partial charge on any atom is -0.393 e. The third-order valence-electron chi connectivity index (χ3n) is 2.87. The van der Waals surface area contributed by atoms with Gasteiger partial charge in [0.15, 0.2) is 0 Å². The van der Waals surface area contributed by atoms with Gasteiger partial charge in [0.2, 0.25) is 0 Å². The molecule has 0 bridgehead atoms. The predicted molar refractivity (Wildman–Crippen MR) is 51.2 cm³/mol. The summed E-state index contributed by atoms with van der Waals surface area (Å²) in [5.41, 5.74) is 0. The number of hydrogen-bond acceptors (Lipinski definition) is 2. The summed E-state index contributed by atoms with van der Waals surface area (Å²) in [4.78, 5) is 2.51. The van der Waals surface area contributed by atoms with Gasteiger partial charge in [-0.2, -0.15) is 0 Å². The van der Waals surface area contributed by atoms with E-state index in [1.807, 2.05) is 0 Å². The minimum atomic E-state index is -0.0510. The first kappa shape index (κ1) is 10.0. The lowest BCUT2D eigenvalue weighted by molar-refractivity contribution is 0.0237. The Morgan fingerprint density at radius 1 is 1.50 bits per heavy atom. The maximum absolute atomic E-state index is 9.48. The zero-order chi connectivity index (χ0) is 9.14. The number of nitrogens with zero attached hydrogens (tertiary/aromatic N) is 1. The lowest BCUT2D eigenvalue weighted by Crippen LogP contribution is -2.47. The van der Waals surface area contributed by atoms with Crippen molar-refractivity contribution in [1.29, 1.82) is 0 Å². The van der Waals surface area contributed by atoms with Gasteiger partial charge < -0.3 is 5.11 Å². The Hall–Kier alpha value is -0.0800. The maximum atomic E-state index is 9.48. The van der Waals surface area contributed by atoms with Gasteiger partial charge in [-0.3, -0.25) is 4.90 Å². The Morgan fingerprint density at radius 2 is 2.17 bits per heavy atom. The number of aliphatic hydroxyl groups is 1. The summed E-state index contributed by atoms with van der Waals surface area (Å²) < 4.78 is 0. The topological polar surface area (TPSA) is 23.5 Å². The van der Waals surface area contributed by atoms with E-state index in [-0.39, 0.29) is 6.10 Å². The van der Waals surface area contributed by atoms with Crippen LogP contribution >= 0.6 is 0 Å². The van der Waals surface area contributed by atoms with Crippen LogP contribution in [0.4, 0.5) is 0 Å². The van der Waals surface area contributed by atoms with Crippen LogP contribution in [-0.4, -0.2) is 34.7 Å². The molecule has 0 unspecified atom stereocenters. The molecule has 72 valence electrons. The molecule has 2 nitrogen and oxygen atoms in total. The van der Waals surface area contributed by atoms with Gasteiger partial charge in [0.25, 0.3) is 0 Å². The second-order valence-electron chi connectivity index (χ2n) is 4.07. The molecule has 0 spiro atoms. The predicted octanol–water partition coefficient (Wildman–Crippen LogP) is 1.63. The van der Waals surface area contributed by atoms with Crippen molar-refractivity contribution in [2.45, 2.75) is 58.2 Å². The molecule has 0 saturated carbocycles. The van der Waals surface area contributed by atoms with Crippen LogP contribution in [0.2, 0.25) is 0 Å². The molecule has 1 saturated heterocycles. The molecule has 0 radical (unpaired) electrons. The molecule has 0 aromatic carbocycles. The molecule has 1 rings (SSSR count). The zero-order valence-corrected chi connectivity index (χ0v) is 8.45. The molecule has 1 N–H and O–H groups in total. The van der Waals surface area contributed by atoms with Crippen LogP contribution in [-0.2, 0) is 0 Å². The van der Waals surface area contributed by atoms with E-state index in [1.165, 1.54) is 0 Å². The van der Waals surface area contributed by atoms with Crippen molar-refractivity contribution < 1.29 is 5.11 Å². The molecule has 12 heavy (non-hydrogen) atoms. The molecule has 0 amide bonds. The van der Waals surface area contributed by atoms with Crippen LogP contribution in [0.25, 0.3) is 0 Å². The van der Waals surface area contributed by atoms with Gasteiger partial charge in [0, 0.05) is 18.6 Å². The lowest BCUT2D eigenvalue weighted by atomic mass is 9.96. The fraction of sp³-hybridized carbons (Fsp3) is 1.00. The number of piperidine rings is 1. The molecular formula is C10H21NO. The standard InChI is InChI=1S/C10H21NO/c1-4-9-7-10(12)5-6-11(9)8(2)3/h8-10,12H,4-7H2,1-3H3/t9-,10+/m0/s1. The average Bonchev–Trinajstić information content (AvgIpc) is 2.03. The molecule has 1 heterocycles. The fourth-order valence-corrected chi connectivity index (χ4v) is 2.13. The second-order valence-corrected chi connectivity index (χ2v) is 4.07. The zero-order valence-electron chi connectivity index (χ0n) is 8.45. The third kappa shape index (κ3) is 2.20. The van der Waals surface area contributed by atoms with Gasteiger partial charge in [-0.1, -0.05) is 6.92 Å². The summed E-state index contributed by atoms with van der Waals surface area (Å²) in [6, 6.07) is 1.23. The van der Waals surface area contributed by atoms with Crippen molar-refractivity contribution in [3.05, 3.63) is 0 Å². The normalized spacial score (nSPS) is 32.8. The van der Waals surface area contributed by atoms with E-state index in [2.05, 4.69) is 25.7 Å². The number of hydrogen-bond donors (Lipinski definition) is 1. The third-order valence-corrected chi connectivity index (χ3v) is 2.87. The van der Waals surface area contributed by atoms with Crippen LogP contribution in [0.3, 0.4) is 0 Å². The van der Waals surface area contributed by atoms with Crippen molar-refractivity contribution in [2.24, 2.45) is 0 Å². The first-order valence-electron chi connectivity index (χ1n) is 5.09. The second kappa shape index (κ2) is 4.24. The monoisotopic (exact) mass is 171 g/mol. The van der Waals surface area contributed by atoms with E-state index < -0.39 is 0 Å². The molecule has 1 fully saturated rings. The van der Waals surface area contributed by atoms with E-state index in [0.717, 1.165) is 25.8 Å². The van der Waals surface area contributed by atoms with Gasteiger partial charge in [0.1, 0.15) is 0 Å². The summed E-state index contributed by atoms with van der Waals surface area (Å²) >= 11 is 0. The molecule has 0 aromatic heterocycles. The summed E-state index contributed by atoms with van der Waals surface area (Å²) in [5, 5.41) is 9.48. The smallest absolute Gasteiger partial charge is 0.0567 e. The number of aliphatic hydroxyl groups excluding tert-OH is 1. The molecule has 0 aliphatic carbocycles. The highest BCUT2D eigenvalue weighted by Crippen LogP contribution is 2.21. The SMILES string of the molecule is CC[C@H]1C[C@H](O)CCN1C(C)C. The number of rotatable bonds is 2. The highest BCUT2D eigenvalue weighted by Gasteiger charge is 2.27. The summed E-state index contributed by atoms with van der Waals surface area (Å²) in [5.74, 6) is 0. The van der Waals surface area contributed by atoms with E-state index in [0.29, 0.717) is 12.1 Å². The molecule has 1 aliphatic rings. The largest absolute Gasteiger partial charge is 0.393 e. The van der Waals surface area contributed by atoms with Gasteiger partial charge in [-0.15, -0.1) is 0 Å².